The molecule has 0 radical (unpaired) electrons. The van der Waals surface area contributed by atoms with Gasteiger partial charge in [0.15, 0.2) is 17.3 Å². The number of ether oxygens (including phenoxy) is 2. The molecule has 2 aromatic rings. The van der Waals surface area contributed by atoms with Crippen molar-refractivity contribution in [2.75, 3.05) is 13.2 Å². The van der Waals surface area contributed by atoms with Gasteiger partial charge >= 0.3 is 0 Å². The summed E-state index contributed by atoms with van der Waals surface area (Å²) in [6.45, 7) is 2.74. The predicted molar refractivity (Wildman–Crippen MR) is 81.8 cm³/mol. The zero-order valence-electron chi connectivity index (χ0n) is 12.9. The fraction of sp³-hybridized carbons (Fsp3) is 0.471. The van der Waals surface area contributed by atoms with Crippen LogP contribution in [0, 0.1) is 11.3 Å². The van der Waals surface area contributed by atoms with Crippen molar-refractivity contribution in [1.82, 2.24) is 4.98 Å². The van der Waals surface area contributed by atoms with E-state index in [2.05, 4.69) is 4.98 Å². The second-order valence-electron chi connectivity index (χ2n) is 5.59. The lowest BCUT2D eigenvalue weighted by molar-refractivity contribution is -0.132. The summed E-state index contributed by atoms with van der Waals surface area (Å²) >= 11 is 0. The van der Waals surface area contributed by atoms with E-state index < -0.39 is 12.0 Å². The highest BCUT2D eigenvalue weighted by molar-refractivity contribution is 5.91. The van der Waals surface area contributed by atoms with Gasteiger partial charge in [-0.25, -0.2) is 4.98 Å². The van der Waals surface area contributed by atoms with Crippen LogP contribution in [0.2, 0.25) is 0 Å². The zero-order valence-corrected chi connectivity index (χ0v) is 12.9. The third kappa shape index (κ3) is 3.41. The minimum absolute atomic E-state index is 0.0371. The van der Waals surface area contributed by atoms with E-state index in [1.165, 1.54) is 0 Å². The first-order valence-corrected chi connectivity index (χ1v) is 7.71. The number of Topliss-reactive ketones (excluding diaryl/α,β-unsaturated/α-hetero) is 1. The Kier molecular flexibility index (Phi) is 4.70. The number of carbonyl (C=O) groups excluding carboxylic acids is 1. The SMILES string of the molecule is C[C@H](OC[C@H]1CCCO1)C(=O)[C@@H](C#N)c1nc2ccccc2o1. The van der Waals surface area contributed by atoms with Crippen LogP contribution in [0.25, 0.3) is 11.1 Å². The minimum Gasteiger partial charge on any atom is -0.439 e. The van der Waals surface area contributed by atoms with E-state index in [0.29, 0.717) is 17.7 Å². The topological polar surface area (TPSA) is 85.4 Å². The van der Waals surface area contributed by atoms with E-state index in [0.717, 1.165) is 19.4 Å². The molecular weight excluding hydrogens is 296 g/mol. The van der Waals surface area contributed by atoms with Crippen molar-refractivity contribution in [3.8, 4) is 6.07 Å². The van der Waals surface area contributed by atoms with Crippen LogP contribution in [0.3, 0.4) is 0 Å². The molecule has 0 N–H and O–H groups in total. The summed E-state index contributed by atoms with van der Waals surface area (Å²) in [6.07, 6.45) is 1.28. The second-order valence-corrected chi connectivity index (χ2v) is 5.59. The fourth-order valence-corrected chi connectivity index (χ4v) is 2.60. The van der Waals surface area contributed by atoms with Crippen molar-refractivity contribution in [3.05, 3.63) is 30.2 Å². The molecule has 0 bridgehead atoms. The van der Waals surface area contributed by atoms with Gasteiger partial charge in [-0.2, -0.15) is 5.26 Å². The fourth-order valence-electron chi connectivity index (χ4n) is 2.60. The first-order chi connectivity index (χ1) is 11.2. The molecule has 1 fully saturated rings. The van der Waals surface area contributed by atoms with Crippen molar-refractivity contribution in [3.63, 3.8) is 0 Å². The van der Waals surface area contributed by atoms with Crippen LogP contribution in [0.15, 0.2) is 28.7 Å². The lowest BCUT2D eigenvalue weighted by Crippen LogP contribution is -2.29. The molecule has 1 aliphatic heterocycles. The number of rotatable bonds is 6. The van der Waals surface area contributed by atoms with Crippen molar-refractivity contribution in [2.45, 2.75) is 37.9 Å². The quantitative estimate of drug-likeness (QED) is 0.814. The molecule has 3 atom stereocenters. The summed E-state index contributed by atoms with van der Waals surface area (Å²) in [6, 6.07) is 9.14. The Balaban J connectivity index is 1.69. The lowest BCUT2D eigenvalue weighted by Gasteiger charge is -2.16. The smallest absolute Gasteiger partial charge is 0.220 e. The number of hydrogen-bond donors (Lipinski definition) is 0. The van der Waals surface area contributed by atoms with Crippen LogP contribution >= 0.6 is 0 Å². The van der Waals surface area contributed by atoms with E-state index in [1.54, 1.807) is 19.1 Å². The summed E-state index contributed by atoms with van der Waals surface area (Å²) in [7, 11) is 0. The molecule has 6 nitrogen and oxygen atoms in total. The van der Waals surface area contributed by atoms with Gasteiger partial charge in [0.05, 0.1) is 18.8 Å². The molecule has 6 heteroatoms. The maximum absolute atomic E-state index is 12.5. The Hall–Kier alpha value is -2.23. The van der Waals surface area contributed by atoms with Gasteiger partial charge in [-0.15, -0.1) is 0 Å². The highest BCUT2D eigenvalue weighted by Crippen LogP contribution is 2.23. The van der Waals surface area contributed by atoms with Crippen LogP contribution < -0.4 is 0 Å². The van der Waals surface area contributed by atoms with Crippen LogP contribution in [0.5, 0.6) is 0 Å². The molecule has 3 rings (SSSR count). The van der Waals surface area contributed by atoms with E-state index in [4.69, 9.17) is 13.9 Å². The average molecular weight is 314 g/mol. The Bertz CT molecular complexity index is 695. The van der Waals surface area contributed by atoms with Crippen LogP contribution in [-0.4, -0.2) is 36.2 Å². The Morgan fingerprint density at radius 1 is 1.52 bits per heavy atom. The highest BCUT2D eigenvalue weighted by atomic mass is 16.5. The predicted octanol–water partition coefficient (Wildman–Crippen LogP) is 2.59. The molecule has 0 aliphatic carbocycles. The highest BCUT2D eigenvalue weighted by Gasteiger charge is 2.31. The molecule has 0 saturated carbocycles. The lowest BCUT2D eigenvalue weighted by atomic mass is 10.0. The summed E-state index contributed by atoms with van der Waals surface area (Å²) in [5.41, 5.74) is 1.19. The molecule has 1 aromatic carbocycles. The second kappa shape index (κ2) is 6.90. The van der Waals surface area contributed by atoms with E-state index in [-0.39, 0.29) is 17.8 Å². The Morgan fingerprint density at radius 3 is 3.04 bits per heavy atom. The molecule has 0 spiro atoms. The number of fused-ring (bicyclic) bond motifs is 1. The van der Waals surface area contributed by atoms with Crippen molar-refractivity contribution in [1.29, 1.82) is 5.26 Å². The number of para-hydroxylation sites is 2. The molecule has 23 heavy (non-hydrogen) atoms. The number of carbonyl (C=O) groups is 1. The first-order valence-electron chi connectivity index (χ1n) is 7.71. The summed E-state index contributed by atoms with van der Waals surface area (Å²) < 4.78 is 16.6. The number of hydrogen-bond acceptors (Lipinski definition) is 6. The molecule has 1 saturated heterocycles. The average Bonchev–Trinajstić information content (AvgIpc) is 3.22. The summed E-state index contributed by atoms with van der Waals surface area (Å²) in [4.78, 5) is 16.7. The largest absolute Gasteiger partial charge is 0.439 e. The molecule has 1 aliphatic rings. The Labute approximate surface area is 134 Å². The van der Waals surface area contributed by atoms with Crippen molar-refractivity contribution >= 4 is 16.9 Å². The normalized spacial score (nSPS) is 20.3. The minimum atomic E-state index is -1.07. The van der Waals surface area contributed by atoms with Crippen molar-refractivity contribution < 1.29 is 18.7 Å². The Morgan fingerprint density at radius 2 is 2.35 bits per heavy atom. The maximum atomic E-state index is 12.5. The number of ketones is 1. The number of aromatic nitrogens is 1. The third-order valence-electron chi connectivity index (χ3n) is 3.93. The molecular formula is C17H18N2O4. The summed E-state index contributed by atoms with van der Waals surface area (Å²) in [5, 5.41) is 9.35. The van der Waals surface area contributed by atoms with E-state index >= 15 is 0 Å². The molecule has 2 heterocycles. The molecule has 120 valence electrons. The molecule has 0 amide bonds. The standard InChI is InChI=1S/C17H18N2O4/c1-11(22-10-12-5-4-8-21-12)16(20)13(9-18)17-19-14-6-2-3-7-15(14)23-17/h2-3,6-7,11-13H,4-5,8,10H2,1H3/t11-,12+,13+/m0/s1. The number of benzene rings is 1. The van der Waals surface area contributed by atoms with Gasteiger partial charge in [-0.1, -0.05) is 12.1 Å². The van der Waals surface area contributed by atoms with Crippen LogP contribution in [-0.2, 0) is 14.3 Å². The molecule has 1 aromatic heterocycles. The maximum Gasteiger partial charge on any atom is 0.220 e. The van der Waals surface area contributed by atoms with Gasteiger partial charge < -0.3 is 13.9 Å². The molecule has 0 unspecified atom stereocenters. The van der Waals surface area contributed by atoms with E-state index in [9.17, 15) is 10.1 Å². The van der Waals surface area contributed by atoms with Gasteiger partial charge in [-0.05, 0) is 31.9 Å². The van der Waals surface area contributed by atoms with Gasteiger partial charge in [0.2, 0.25) is 5.89 Å². The monoisotopic (exact) mass is 314 g/mol. The van der Waals surface area contributed by atoms with Crippen molar-refractivity contribution in [2.24, 2.45) is 0 Å². The summed E-state index contributed by atoms with van der Waals surface area (Å²) in [5.74, 6) is -1.30. The third-order valence-corrected chi connectivity index (χ3v) is 3.93. The number of nitrogens with zero attached hydrogens (tertiary/aromatic N) is 2. The number of nitriles is 1. The zero-order chi connectivity index (χ0) is 16.2. The van der Waals surface area contributed by atoms with Gasteiger partial charge in [0, 0.05) is 6.61 Å². The number of oxazole rings is 1. The van der Waals surface area contributed by atoms with Gasteiger partial charge in [-0.3, -0.25) is 4.79 Å². The van der Waals surface area contributed by atoms with Crippen LogP contribution in [0.4, 0.5) is 0 Å². The first kappa shape index (κ1) is 15.7. The van der Waals surface area contributed by atoms with Crippen LogP contribution in [0.1, 0.15) is 31.6 Å². The van der Waals surface area contributed by atoms with E-state index in [1.807, 2.05) is 18.2 Å². The van der Waals surface area contributed by atoms with Gasteiger partial charge in [0.1, 0.15) is 11.6 Å². The van der Waals surface area contributed by atoms with Gasteiger partial charge in [0.25, 0.3) is 0 Å².